The van der Waals surface area contributed by atoms with Gasteiger partial charge in [-0.2, -0.15) is 0 Å². The number of benzene rings is 2. The molecule has 1 aliphatic heterocycles. The summed E-state index contributed by atoms with van der Waals surface area (Å²) >= 11 is 12.5. The molecule has 3 rings (SSSR count). The Hall–Kier alpha value is -1.02. The summed E-state index contributed by atoms with van der Waals surface area (Å²) in [6, 6.07) is 16.7. The van der Waals surface area contributed by atoms with E-state index in [1.54, 1.807) is 6.07 Å². The topological polar surface area (TPSA) is 3.24 Å². The molecule has 0 N–H and O–H groups in total. The van der Waals surface area contributed by atoms with Gasteiger partial charge in [0.05, 0.1) is 6.04 Å². The first-order valence-electron chi connectivity index (χ1n) is 8.45. The maximum Gasteiger partial charge on any atom is 0.0603 e. The van der Waals surface area contributed by atoms with Crippen molar-refractivity contribution in [3.63, 3.8) is 0 Å². The van der Waals surface area contributed by atoms with E-state index in [0.717, 1.165) is 18.7 Å². The van der Waals surface area contributed by atoms with Crippen molar-refractivity contribution in [2.75, 3.05) is 13.1 Å². The molecule has 0 amide bonds. The third kappa shape index (κ3) is 3.35. The monoisotopic (exact) mass is 361 g/mol. The maximum atomic E-state index is 6.27. The van der Waals surface area contributed by atoms with Crippen molar-refractivity contribution in [1.82, 2.24) is 4.90 Å². The molecule has 1 aliphatic rings. The highest BCUT2D eigenvalue weighted by Gasteiger charge is 2.49. The summed E-state index contributed by atoms with van der Waals surface area (Å²) in [5.41, 5.74) is 3.06. The van der Waals surface area contributed by atoms with Crippen molar-refractivity contribution >= 4 is 23.2 Å². The van der Waals surface area contributed by atoms with Gasteiger partial charge >= 0.3 is 0 Å². The van der Waals surface area contributed by atoms with Crippen LogP contribution < -0.4 is 0 Å². The summed E-state index contributed by atoms with van der Waals surface area (Å²) in [7, 11) is 0. The molecule has 1 saturated heterocycles. The molecule has 3 heteroatoms. The fourth-order valence-corrected chi connectivity index (χ4v) is 4.03. The first kappa shape index (κ1) is 17.8. The van der Waals surface area contributed by atoms with Crippen LogP contribution in [-0.2, 0) is 0 Å². The minimum atomic E-state index is 0.192. The van der Waals surface area contributed by atoms with E-state index in [1.165, 1.54) is 5.56 Å². The average Bonchev–Trinajstić information content (AvgIpc) is 2.44. The van der Waals surface area contributed by atoms with Crippen LogP contribution >= 0.6 is 23.2 Å². The second-order valence-corrected chi connectivity index (χ2v) is 9.10. The minimum absolute atomic E-state index is 0.192. The van der Waals surface area contributed by atoms with Crippen molar-refractivity contribution in [2.45, 2.75) is 33.7 Å². The number of likely N-dealkylation sites (tertiary alicyclic amines) is 1. The van der Waals surface area contributed by atoms with Crippen LogP contribution in [0, 0.1) is 10.8 Å². The van der Waals surface area contributed by atoms with Crippen molar-refractivity contribution in [3.8, 4) is 0 Å². The molecule has 128 valence electrons. The van der Waals surface area contributed by atoms with Gasteiger partial charge in [0.1, 0.15) is 0 Å². The molecule has 0 aliphatic carbocycles. The molecular formula is C21H25Cl2N. The molecule has 0 saturated carbocycles. The third-order valence-electron chi connectivity index (χ3n) is 5.60. The molecular weight excluding hydrogens is 337 g/mol. The SMILES string of the molecule is CC(C)(C)C1(C)CN([C@H](c2ccccc2)c2cc(Cl)cc(Cl)c2)C1. The molecule has 2 aromatic rings. The van der Waals surface area contributed by atoms with Crippen LogP contribution in [-0.4, -0.2) is 18.0 Å². The van der Waals surface area contributed by atoms with E-state index in [2.05, 4.69) is 62.9 Å². The second-order valence-electron chi connectivity index (χ2n) is 8.23. The lowest BCUT2D eigenvalue weighted by Gasteiger charge is -2.58. The Morgan fingerprint density at radius 3 is 1.96 bits per heavy atom. The van der Waals surface area contributed by atoms with Gasteiger partial charge in [-0.15, -0.1) is 0 Å². The van der Waals surface area contributed by atoms with Gasteiger partial charge in [-0.25, -0.2) is 0 Å². The van der Waals surface area contributed by atoms with E-state index >= 15 is 0 Å². The predicted molar refractivity (Wildman–Crippen MR) is 104 cm³/mol. The minimum Gasteiger partial charge on any atom is -0.291 e. The van der Waals surface area contributed by atoms with Gasteiger partial charge in [-0.3, -0.25) is 4.90 Å². The number of hydrogen-bond acceptors (Lipinski definition) is 1. The first-order valence-corrected chi connectivity index (χ1v) is 9.20. The third-order valence-corrected chi connectivity index (χ3v) is 6.03. The normalized spacial score (nSPS) is 18.9. The van der Waals surface area contributed by atoms with E-state index in [1.807, 2.05) is 12.1 Å². The number of nitrogens with zero attached hydrogens (tertiary/aromatic N) is 1. The lowest BCUT2D eigenvalue weighted by atomic mass is 9.62. The molecule has 24 heavy (non-hydrogen) atoms. The standard InChI is InChI=1S/C21H25Cl2N/c1-20(2,3)21(4)13-24(14-21)19(15-8-6-5-7-9-15)16-10-17(22)12-18(23)11-16/h5-12,19H,13-14H2,1-4H3/t19-/m1/s1. The smallest absolute Gasteiger partial charge is 0.0603 e. The Morgan fingerprint density at radius 1 is 0.917 bits per heavy atom. The predicted octanol–water partition coefficient (Wildman–Crippen LogP) is 6.45. The van der Waals surface area contributed by atoms with Gasteiger partial charge in [-0.05, 0) is 40.2 Å². The molecule has 0 unspecified atom stereocenters. The molecule has 1 nitrogen and oxygen atoms in total. The molecule has 2 aromatic carbocycles. The Morgan fingerprint density at radius 2 is 1.46 bits per heavy atom. The zero-order valence-corrected chi connectivity index (χ0v) is 16.3. The largest absolute Gasteiger partial charge is 0.291 e. The zero-order valence-electron chi connectivity index (χ0n) is 14.8. The Balaban J connectivity index is 1.96. The van der Waals surface area contributed by atoms with Gasteiger partial charge < -0.3 is 0 Å². The first-order chi connectivity index (χ1) is 11.2. The fourth-order valence-electron chi connectivity index (χ4n) is 3.49. The molecule has 0 bridgehead atoms. The van der Waals surface area contributed by atoms with E-state index in [0.29, 0.717) is 15.5 Å². The summed E-state index contributed by atoms with van der Waals surface area (Å²) in [4.78, 5) is 2.53. The number of hydrogen-bond donors (Lipinski definition) is 0. The van der Waals surface area contributed by atoms with E-state index < -0.39 is 0 Å². The Bertz CT molecular complexity index is 692. The van der Waals surface area contributed by atoms with Gasteiger partial charge in [0.2, 0.25) is 0 Å². The molecule has 0 spiro atoms. The maximum absolute atomic E-state index is 6.27. The average molecular weight is 362 g/mol. The van der Waals surface area contributed by atoms with Crippen molar-refractivity contribution < 1.29 is 0 Å². The molecule has 0 radical (unpaired) electrons. The van der Waals surface area contributed by atoms with Gasteiger partial charge in [-0.1, -0.05) is 81.2 Å². The molecule has 0 aromatic heterocycles. The highest BCUT2D eigenvalue weighted by atomic mass is 35.5. The van der Waals surface area contributed by atoms with Crippen LogP contribution in [0.2, 0.25) is 10.0 Å². The van der Waals surface area contributed by atoms with Crippen molar-refractivity contribution in [3.05, 3.63) is 69.7 Å². The van der Waals surface area contributed by atoms with Gasteiger partial charge in [0.25, 0.3) is 0 Å². The van der Waals surface area contributed by atoms with E-state index in [-0.39, 0.29) is 11.5 Å². The highest BCUT2D eigenvalue weighted by Crippen LogP contribution is 2.49. The molecule has 1 heterocycles. The fraction of sp³-hybridized carbons (Fsp3) is 0.429. The van der Waals surface area contributed by atoms with Gasteiger partial charge in [0.15, 0.2) is 0 Å². The Kier molecular flexibility index (Phi) is 4.72. The van der Waals surface area contributed by atoms with E-state index in [4.69, 9.17) is 23.2 Å². The lowest BCUT2D eigenvalue weighted by Crippen LogP contribution is -2.61. The lowest BCUT2D eigenvalue weighted by molar-refractivity contribution is -0.0813. The molecule has 1 atom stereocenters. The van der Waals surface area contributed by atoms with Crippen LogP contribution in [0.15, 0.2) is 48.5 Å². The summed E-state index contributed by atoms with van der Waals surface area (Å²) < 4.78 is 0. The van der Waals surface area contributed by atoms with Crippen LogP contribution in [0.1, 0.15) is 44.9 Å². The van der Waals surface area contributed by atoms with Crippen molar-refractivity contribution in [1.29, 1.82) is 0 Å². The Labute approximate surface area is 155 Å². The van der Waals surface area contributed by atoms with Crippen molar-refractivity contribution in [2.24, 2.45) is 10.8 Å². The van der Waals surface area contributed by atoms with E-state index in [9.17, 15) is 0 Å². The van der Waals surface area contributed by atoms with Crippen LogP contribution in [0.5, 0.6) is 0 Å². The summed E-state index contributed by atoms with van der Waals surface area (Å²) in [6.07, 6.45) is 0. The number of rotatable bonds is 3. The second kappa shape index (κ2) is 6.37. The molecule has 1 fully saturated rings. The van der Waals surface area contributed by atoms with Crippen LogP contribution in [0.3, 0.4) is 0 Å². The zero-order chi connectivity index (χ0) is 17.5. The van der Waals surface area contributed by atoms with Crippen LogP contribution in [0.25, 0.3) is 0 Å². The summed E-state index contributed by atoms with van der Waals surface area (Å²) in [5, 5.41) is 1.38. The summed E-state index contributed by atoms with van der Waals surface area (Å²) in [5.74, 6) is 0. The highest BCUT2D eigenvalue weighted by molar-refractivity contribution is 6.34. The quantitative estimate of drug-likeness (QED) is 0.606. The number of halogens is 2. The van der Waals surface area contributed by atoms with Crippen LogP contribution in [0.4, 0.5) is 0 Å². The summed E-state index contributed by atoms with van der Waals surface area (Å²) in [6.45, 7) is 11.5. The van der Waals surface area contributed by atoms with Gasteiger partial charge in [0, 0.05) is 23.1 Å².